The lowest BCUT2D eigenvalue weighted by molar-refractivity contribution is 0.0306. The van der Waals surface area contributed by atoms with Crippen LogP contribution in [-0.4, -0.2) is 77.2 Å². The van der Waals surface area contributed by atoms with Crippen molar-refractivity contribution in [3.8, 4) is 16.3 Å². The molecule has 260 valence electrons. The molecule has 0 amide bonds. The summed E-state index contributed by atoms with van der Waals surface area (Å²) in [6, 6.07) is 18.6. The summed E-state index contributed by atoms with van der Waals surface area (Å²) in [6.07, 6.45) is 7.00. The second kappa shape index (κ2) is 16.6. The van der Waals surface area contributed by atoms with E-state index in [1.54, 1.807) is 11.3 Å². The van der Waals surface area contributed by atoms with E-state index in [4.69, 9.17) is 14.5 Å². The number of thiazole rings is 1. The number of anilines is 1. The molecule has 4 N–H and O–H groups in total. The fraction of sp³-hybridized carbons (Fsp3) is 0.342. The minimum Gasteiger partial charge on any atom is -0.493 e. The molecule has 0 saturated heterocycles. The largest absolute Gasteiger partial charge is 0.493 e. The molecule has 4 aromatic rings. The maximum Gasteiger partial charge on any atom is 0.336 e. The van der Waals surface area contributed by atoms with Gasteiger partial charge in [0.05, 0.1) is 52.4 Å². The number of nitrogens with zero attached hydrogens (tertiary/aromatic N) is 2. The molecule has 2 heterocycles. The zero-order valence-electron chi connectivity index (χ0n) is 29.1. The van der Waals surface area contributed by atoms with Crippen molar-refractivity contribution < 1.29 is 29.3 Å². The minimum absolute atomic E-state index is 0.122. The predicted octanol–water partition coefficient (Wildman–Crippen LogP) is 7.84. The third-order valence-electron chi connectivity index (χ3n) is 7.73. The van der Waals surface area contributed by atoms with Gasteiger partial charge in [-0.2, -0.15) is 0 Å². The topological polar surface area (TPSA) is 133 Å². The average Bonchev–Trinajstić information content (AvgIpc) is 3.51. The molecule has 0 fully saturated rings. The minimum atomic E-state index is -1.32. The van der Waals surface area contributed by atoms with E-state index < -0.39 is 11.9 Å². The predicted molar refractivity (Wildman–Crippen MR) is 198 cm³/mol. The van der Waals surface area contributed by atoms with Crippen LogP contribution in [0.5, 0.6) is 5.75 Å². The van der Waals surface area contributed by atoms with Gasteiger partial charge in [0.25, 0.3) is 0 Å². The highest BCUT2D eigenvalue weighted by Crippen LogP contribution is 2.33. The number of carboxylic acid groups (broad SMARTS) is 2. The van der Waals surface area contributed by atoms with Gasteiger partial charge >= 0.3 is 11.9 Å². The molecule has 2 atom stereocenters. The third kappa shape index (κ3) is 9.91. The van der Waals surface area contributed by atoms with Gasteiger partial charge in [-0.25, -0.2) is 14.6 Å². The second-order valence-corrected chi connectivity index (χ2v) is 13.4. The Morgan fingerprint density at radius 2 is 1.69 bits per heavy atom. The number of rotatable bonds is 14. The van der Waals surface area contributed by atoms with Gasteiger partial charge in [-0.3, -0.25) is 4.90 Å². The third-order valence-corrected chi connectivity index (χ3v) is 8.80. The van der Waals surface area contributed by atoms with Crippen LogP contribution >= 0.6 is 11.3 Å². The van der Waals surface area contributed by atoms with Crippen LogP contribution < -0.4 is 15.4 Å². The molecule has 0 saturated carbocycles. The van der Waals surface area contributed by atoms with Crippen LogP contribution in [0.3, 0.4) is 0 Å². The highest BCUT2D eigenvalue weighted by Gasteiger charge is 2.21. The van der Waals surface area contributed by atoms with E-state index >= 15 is 0 Å². The zero-order valence-corrected chi connectivity index (χ0v) is 29.9. The number of aromatic nitrogens is 1. The Kier molecular flexibility index (Phi) is 12.6. The maximum atomic E-state index is 11.4. The summed E-state index contributed by atoms with van der Waals surface area (Å²) in [5.41, 5.74) is 4.35. The van der Waals surface area contributed by atoms with Crippen LogP contribution in [0.25, 0.3) is 26.4 Å². The molecular weight excluding hydrogens is 641 g/mol. The summed E-state index contributed by atoms with van der Waals surface area (Å²) in [4.78, 5) is 29.7. The van der Waals surface area contributed by atoms with Crippen molar-refractivity contribution in [2.45, 2.75) is 58.8 Å². The van der Waals surface area contributed by atoms with Crippen LogP contribution in [-0.2, 0) is 4.74 Å². The van der Waals surface area contributed by atoms with Crippen molar-refractivity contribution in [2.24, 2.45) is 0 Å². The fourth-order valence-electron chi connectivity index (χ4n) is 5.09. The maximum absolute atomic E-state index is 11.4. The summed E-state index contributed by atoms with van der Waals surface area (Å²) in [5, 5.41) is 26.5. The highest BCUT2D eigenvalue weighted by atomic mass is 32.1. The number of aromatic carboxylic acids is 2. The van der Waals surface area contributed by atoms with Crippen LogP contribution in [0.4, 0.5) is 5.69 Å². The highest BCUT2D eigenvalue weighted by molar-refractivity contribution is 7.21. The van der Waals surface area contributed by atoms with E-state index in [9.17, 15) is 19.8 Å². The van der Waals surface area contributed by atoms with Gasteiger partial charge < -0.3 is 30.3 Å². The first-order valence-electron chi connectivity index (χ1n) is 16.3. The Bertz CT molecular complexity index is 1810. The number of hydrogen-bond donors (Lipinski definition) is 4. The molecule has 0 aliphatic carbocycles. The summed E-state index contributed by atoms with van der Waals surface area (Å²) >= 11 is 1.66. The van der Waals surface area contributed by atoms with Crippen molar-refractivity contribution >= 4 is 44.8 Å². The van der Waals surface area contributed by atoms with Crippen LogP contribution in [0, 0.1) is 0 Å². The SMILES string of the molecule is CC.CC(CCOc1ccc(C(=O)O)c(C(=O)O)c1)OCC(C)(C)Nc1ccc2nc(-c3ccc(C4=CNC(N(C)C)C=C4)cc3)sc2c1. The number of allylic oxidation sites excluding steroid dienone is 2. The van der Waals surface area contributed by atoms with Gasteiger partial charge in [0.1, 0.15) is 10.8 Å². The number of likely N-dealkylation sites (N-methyl/N-ethyl adjacent to an activating group) is 1. The average molecular weight is 687 g/mol. The molecule has 49 heavy (non-hydrogen) atoms. The number of nitrogens with one attached hydrogen (secondary N) is 2. The second-order valence-electron chi connectivity index (χ2n) is 12.4. The van der Waals surface area contributed by atoms with Crippen LogP contribution in [0.1, 0.15) is 67.3 Å². The summed E-state index contributed by atoms with van der Waals surface area (Å²) in [5.74, 6) is -2.32. The molecule has 3 aromatic carbocycles. The van der Waals surface area contributed by atoms with Crippen molar-refractivity contribution in [2.75, 3.05) is 32.6 Å². The van der Waals surface area contributed by atoms with E-state index in [0.29, 0.717) is 18.8 Å². The Hall–Kier alpha value is -4.71. The van der Waals surface area contributed by atoms with Crippen molar-refractivity contribution in [1.82, 2.24) is 15.2 Å². The number of hydrogen-bond acceptors (Lipinski definition) is 9. The van der Waals surface area contributed by atoms with Crippen molar-refractivity contribution in [1.29, 1.82) is 0 Å². The van der Waals surface area contributed by atoms with E-state index in [-0.39, 0.29) is 35.5 Å². The number of benzene rings is 3. The molecule has 1 aliphatic heterocycles. The normalized spacial score (nSPS) is 14.8. The molecule has 0 bridgehead atoms. The van der Waals surface area contributed by atoms with Gasteiger partial charge in [-0.15, -0.1) is 11.3 Å². The molecule has 11 heteroatoms. The number of dihydropyridines is 1. The molecule has 0 radical (unpaired) electrons. The van der Waals surface area contributed by atoms with E-state index in [1.165, 1.54) is 18.2 Å². The van der Waals surface area contributed by atoms with Gasteiger partial charge in [0.2, 0.25) is 0 Å². The van der Waals surface area contributed by atoms with Gasteiger partial charge in [0, 0.05) is 23.9 Å². The van der Waals surface area contributed by atoms with Crippen LogP contribution in [0.2, 0.25) is 0 Å². The Morgan fingerprint density at radius 3 is 2.33 bits per heavy atom. The van der Waals surface area contributed by atoms with Crippen molar-refractivity contribution in [3.05, 3.63) is 95.7 Å². The molecule has 10 nitrogen and oxygen atoms in total. The lowest BCUT2D eigenvalue weighted by atomic mass is 10.0. The first kappa shape index (κ1) is 37.1. The van der Waals surface area contributed by atoms with E-state index in [2.05, 4.69) is 78.1 Å². The summed E-state index contributed by atoms with van der Waals surface area (Å²) in [6.45, 7) is 10.8. The Balaban J connectivity index is 0.00000265. The molecule has 5 rings (SSSR count). The first-order valence-corrected chi connectivity index (χ1v) is 17.2. The van der Waals surface area contributed by atoms with Gasteiger partial charge in [0.15, 0.2) is 0 Å². The number of carbonyl (C=O) groups is 2. The van der Waals surface area contributed by atoms with E-state index in [0.717, 1.165) is 37.6 Å². The van der Waals surface area contributed by atoms with E-state index in [1.807, 2.05) is 47.0 Å². The number of ether oxygens (including phenoxy) is 2. The number of carboxylic acids is 2. The van der Waals surface area contributed by atoms with Gasteiger partial charge in [-0.05, 0) is 88.5 Å². The smallest absolute Gasteiger partial charge is 0.336 e. The lowest BCUT2D eigenvalue weighted by Gasteiger charge is -2.29. The zero-order chi connectivity index (χ0) is 35.7. The lowest BCUT2D eigenvalue weighted by Crippen LogP contribution is -2.38. The quantitative estimate of drug-likeness (QED) is 0.104. The number of fused-ring (bicyclic) bond motifs is 1. The fourth-order valence-corrected chi connectivity index (χ4v) is 6.10. The molecule has 0 spiro atoms. The first-order chi connectivity index (χ1) is 23.4. The summed E-state index contributed by atoms with van der Waals surface area (Å²) in [7, 11) is 4.09. The van der Waals surface area contributed by atoms with Gasteiger partial charge in [-0.1, -0.05) is 44.2 Å². The molecule has 1 aromatic heterocycles. The standard InChI is InChI=1S/C36H40N4O6S.C2H6/c1-22(16-17-45-27-12-13-28(34(41)42)29(19-27)35(43)44)46-21-36(2,3)39-26-11-14-30-31(18-26)47-33(38-30)24-8-6-23(7-9-24)25-10-15-32(37-20-25)40(4)5;1-2/h6-15,18-20,22,32,37,39H,16-17,21H2,1-5H3,(H,41,42)(H,43,44);1-2H3. The van der Waals surface area contributed by atoms with Crippen LogP contribution in [0.15, 0.2) is 79.0 Å². The Morgan fingerprint density at radius 1 is 1.00 bits per heavy atom. The molecule has 2 unspecified atom stereocenters. The summed E-state index contributed by atoms with van der Waals surface area (Å²) < 4.78 is 12.9. The molecular formula is C38H46N4O6S. The monoisotopic (exact) mass is 686 g/mol. The van der Waals surface area contributed by atoms with Crippen molar-refractivity contribution in [3.63, 3.8) is 0 Å². The Labute approximate surface area is 292 Å². The molecule has 1 aliphatic rings.